The van der Waals surface area contributed by atoms with E-state index in [1.165, 1.54) is 11.3 Å². The van der Waals surface area contributed by atoms with Crippen molar-refractivity contribution in [2.45, 2.75) is 6.10 Å². The van der Waals surface area contributed by atoms with E-state index < -0.39 is 6.10 Å². The summed E-state index contributed by atoms with van der Waals surface area (Å²) >= 11 is 4.84. The van der Waals surface area contributed by atoms with Crippen molar-refractivity contribution in [2.24, 2.45) is 7.05 Å². The quantitative estimate of drug-likeness (QED) is 0.907. The van der Waals surface area contributed by atoms with Crippen LogP contribution >= 0.6 is 27.3 Å². The molecule has 1 unspecified atom stereocenters. The van der Waals surface area contributed by atoms with Gasteiger partial charge in [0.2, 0.25) is 0 Å². The molecule has 1 atom stereocenters. The molecule has 0 saturated heterocycles. The van der Waals surface area contributed by atoms with E-state index in [1.807, 2.05) is 12.1 Å². The molecule has 4 nitrogen and oxygen atoms in total. The van der Waals surface area contributed by atoms with Crippen molar-refractivity contribution in [3.63, 3.8) is 0 Å². The standard InChI is InChI=1S/C8H8BrN3OS/c1-12-4-10-11-8(12)7(13)5-2-3-6(9)14-5/h2-4,7,13H,1H3. The Morgan fingerprint density at radius 2 is 2.36 bits per heavy atom. The van der Waals surface area contributed by atoms with Gasteiger partial charge in [0.15, 0.2) is 5.82 Å². The molecule has 74 valence electrons. The molecule has 0 aliphatic rings. The number of rotatable bonds is 2. The lowest BCUT2D eigenvalue weighted by Gasteiger charge is -2.06. The maximum absolute atomic E-state index is 9.94. The summed E-state index contributed by atoms with van der Waals surface area (Å²) in [5.41, 5.74) is 0. The lowest BCUT2D eigenvalue weighted by atomic mass is 10.3. The normalized spacial score (nSPS) is 13.1. The Labute approximate surface area is 93.3 Å². The van der Waals surface area contributed by atoms with Gasteiger partial charge in [0.25, 0.3) is 0 Å². The minimum atomic E-state index is -0.696. The summed E-state index contributed by atoms with van der Waals surface area (Å²) in [5.74, 6) is 0.555. The molecule has 6 heteroatoms. The monoisotopic (exact) mass is 273 g/mol. The summed E-state index contributed by atoms with van der Waals surface area (Å²) in [7, 11) is 1.81. The number of aromatic nitrogens is 3. The van der Waals surface area contributed by atoms with Gasteiger partial charge in [-0.05, 0) is 28.1 Å². The maximum atomic E-state index is 9.94. The van der Waals surface area contributed by atoms with Crippen LogP contribution in [0.1, 0.15) is 16.8 Å². The van der Waals surface area contributed by atoms with Crippen LogP contribution < -0.4 is 0 Å². The van der Waals surface area contributed by atoms with E-state index in [0.717, 1.165) is 8.66 Å². The Morgan fingerprint density at radius 3 is 2.86 bits per heavy atom. The topological polar surface area (TPSA) is 50.9 Å². The fraction of sp³-hybridized carbons (Fsp3) is 0.250. The molecule has 2 heterocycles. The van der Waals surface area contributed by atoms with Gasteiger partial charge in [0, 0.05) is 11.9 Å². The van der Waals surface area contributed by atoms with Gasteiger partial charge in [-0.15, -0.1) is 21.5 Å². The minimum Gasteiger partial charge on any atom is -0.379 e. The third-order valence-corrected chi connectivity index (χ3v) is 3.53. The molecule has 2 rings (SSSR count). The van der Waals surface area contributed by atoms with E-state index in [2.05, 4.69) is 26.1 Å². The highest BCUT2D eigenvalue weighted by atomic mass is 79.9. The van der Waals surface area contributed by atoms with Crippen LogP contribution in [0.3, 0.4) is 0 Å². The van der Waals surface area contributed by atoms with Gasteiger partial charge in [-0.25, -0.2) is 0 Å². The zero-order chi connectivity index (χ0) is 10.1. The molecule has 0 spiro atoms. The lowest BCUT2D eigenvalue weighted by Crippen LogP contribution is -2.05. The number of thiophene rings is 1. The van der Waals surface area contributed by atoms with Crippen molar-refractivity contribution >= 4 is 27.3 Å². The maximum Gasteiger partial charge on any atom is 0.166 e. The highest BCUT2D eigenvalue weighted by Gasteiger charge is 2.17. The molecule has 0 aromatic carbocycles. The van der Waals surface area contributed by atoms with Crippen LogP contribution in [0.15, 0.2) is 22.2 Å². The van der Waals surface area contributed by atoms with Gasteiger partial charge in [-0.1, -0.05) is 0 Å². The highest BCUT2D eigenvalue weighted by Crippen LogP contribution is 2.29. The van der Waals surface area contributed by atoms with Crippen molar-refractivity contribution < 1.29 is 5.11 Å². The second kappa shape index (κ2) is 3.80. The van der Waals surface area contributed by atoms with Gasteiger partial charge in [-0.2, -0.15) is 0 Å². The minimum absolute atomic E-state index is 0.555. The van der Waals surface area contributed by atoms with Gasteiger partial charge in [0.05, 0.1) is 3.79 Å². The highest BCUT2D eigenvalue weighted by molar-refractivity contribution is 9.11. The van der Waals surface area contributed by atoms with Crippen LogP contribution in [0.5, 0.6) is 0 Å². The van der Waals surface area contributed by atoms with Crippen LogP contribution in [-0.4, -0.2) is 19.9 Å². The zero-order valence-corrected chi connectivity index (χ0v) is 9.79. The summed E-state index contributed by atoms with van der Waals surface area (Å²) in [6, 6.07) is 3.77. The van der Waals surface area contributed by atoms with Crippen molar-refractivity contribution in [3.05, 3.63) is 32.9 Å². The first-order chi connectivity index (χ1) is 6.68. The fourth-order valence-electron chi connectivity index (χ4n) is 1.14. The molecule has 2 aromatic heterocycles. The summed E-state index contributed by atoms with van der Waals surface area (Å²) in [5, 5.41) is 17.5. The average Bonchev–Trinajstić information content (AvgIpc) is 2.73. The number of hydrogen-bond donors (Lipinski definition) is 1. The van der Waals surface area contributed by atoms with E-state index in [1.54, 1.807) is 17.9 Å². The van der Waals surface area contributed by atoms with Crippen LogP contribution in [0.2, 0.25) is 0 Å². The molecule has 14 heavy (non-hydrogen) atoms. The first kappa shape index (κ1) is 9.82. The number of aliphatic hydroxyl groups excluding tert-OH is 1. The van der Waals surface area contributed by atoms with Crippen LogP contribution in [0, 0.1) is 0 Å². The molecule has 0 fully saturated rings. The van der Waals surface area contributed by atoms with Crippen LogP contribution in [0.4, 0.5) is 0 Å². The second-order valence-corrected chi connectivity index (χ2v) is 5.34. The molecule has 0 aliphatic carbocycles. The number of aliphatic hydroxyl groups is 1. The lowest BCUT2D eigenvalue weighted by molar-refractivity contribution is 0.209. The van der Waals surface area contributed by atoms with Gasteiger partial charge in [-0.3, -0.25) is 0 Å². The van der Waals surface area contributed by atoms with Crippen molar-refractivity contribution in [1.82, 2.24) is 14.8 Å². The molecule has 0 bridgehead atoms. The number of aryl methyl sites for hydroxylation is 1. The summed E-state index contributed by atoms with van der Waals surface area (Å²) < 4.78 is 2.70. The molecule has 0 amide bonds. The fourth-order valence-corrected chi connectivity index (χ4v) is 2.55. The molecule has 0 aliphatic heterocycles. The van der Waals surface area contributed by atoms with Gasteiger partial charge < -0.3 is 9.67 Å². The molecule has 1 N–H and O–H groups in total. The van der Waals surface area contributed by atoms with E-state index in [-0.39, 0.29) is 0 Å². The zero-order valence-electron chi connectivity index (χ0n) is 7.38. The van der Waals surface area contributed by atoms with E-state index in [4.69, 9.17) is 0 Å². The molecule has 0 saturated carbocycles. The van der Waals surface area contributed by atoms with Crippen molar-refractivity contribution in [2.75, 3.05) is 0 Å². The summed E-state index contributed by atoms with van der Waals surface area (Å²) in [4.78, 5) is 0.855. The van der Waals surface area contributed by atoms with Gasteiger partial charge in [0.1, 0.15) is 12.4 Å². The first-order valence-electron chi connectivity index (χ1n) is 3.95. The van der Waals surface area contributed by atoms with Gasteiger partial charge >= 0.3 is 0 Å². The Balaban J connectivity index is 2.33. The predicted octanol–water partition coefficient (Wildman–Crippen LogP) is 1.72. The first-order valence-corrected chi connectivity index (χ1v) is 5.56. The summed E-state index contributed by atoms with van der Waals surface area (Å²) in [6.07, 6.45) is 0.875. The number of halogens is 1. The van der Waals surface area contributed by atoms with Crippen LogP contribution in [0.25, 0.3) is 0 Å². The van der Waals surface area contributed by atoms with E-state index in [9.17, 15) is 5.11 Å². The molecular formula is C8H8BrN3OS. The van der Waals surface area contributed by atoms with Crippen molar-refractivity contribution in [3.8, 4) is 0 Å². The molecule has 2 aromatic rings. The Kier molecular flexibility index (Phi) is 2.66. The largest absolute Gasteiger partial charge is 0.379 e. The SMILES string of the molecule is Cn1cnnc1C(O)c1ccc(Br)s1. The molecular weight excluding hydrogens is 266 g/mol. The third-order valence-electron chi connectivity index (χ3n) is 1.85. The predicted molar refractivity (Wildman–Crippen MR) is 57.1 cm³/mol. The van der Waals surface area contributed by atoms with E-state index >= 15 is 0 Å². The van der Waals surface area contributed by atoms with Crippen molar-refractivity contribution in [1.29, 1.82) is 0 Å². The molecule has 0 radical (unpaired) electrons. The second-order valence-electron chi connectivity index (χ2n) is 2.84. The number of nitrogens with zero attached hydrogens (tertiary/aromatic N) is 3. The summed E-state index contributed by atoms with van der Waals surface area (Å²) in [6.45, 7) is 0. The number of hydrogen-bond acceptors (Lipinski definition) is 4. The third kappa shape index (κ3) is 1.73. The Hall–Kier alpha value is -0.720. The van der Waals surface area contributed by atoms with Crippen LogP contribution in [-0.2, 0) is 7.05 Å². The Bertz CT molecular complexity index is 439. The smallest absolute Gasteiger partial charge is 0.166 e. The Morgan fingerprint density at radius 1 is 1.57 bits per heavy atom. The average molecular weight is 274 g/mol. The van der Waals surface area contributed by atoms with E-state index in [0.29, 0.717) is 5.82 Å².